The van der Waals surface area contributed by atoms with Crippen LogP contribution in [0, 0.1) is 6.92 Å². The van der Waals surface area contributed by atoms with Crippen LogP contribution in [0.15, 0.2) is 54.2 Å². The molecule has 0 fully saturated rings. The average molecular weight is 323 g/mol. The van der Waals surface area contributed by atoms with Gasteiger partial charge in [0.2, 0.25) is 5.91 Å². The normalized spacial score (nSPS) is 10.5. The highest BCUT2D eigenvalue weighted by Crippen LogP contribution is 2.16. The van der Waals surface area contributed by atoms with Crippen LogP contribution in [0.1, 0.15) is 21.8 Å². The number of aryl methyl sites for hydroxylation is 1. The molecular formula is C18H17N3OS. The summed E-state index contributed by atoms with van der Waals surface area (Å²) in [6.07, 6.45) is 4.49. The largest absolute Gasteiger partial charge is 0.325 e. The number of nitrogens with one attached hydrogen (secondary N) is 1. The number of nitrogens with zero attached hydrogens (tertiary/aromatic N) is 2. The van der Waals surface area contributed by atoms with Crippen LogP contribution in [0.25, 0.3) is 0 Å². The minimum atomic E-state index is -0.0594. The SMILES string of the molecule is Cc1cnccc1NC(=O)Cc1csc(Cc2ccccc2)n1. The van der Waals surface area contributed by atoms with Crippen molar-refractivity contribution in [1.82, 2.24) is 9.97 Å². The van der Waals surface area contributed by atoms with Crippen molar-refractivity contribution in [2.24, 2.45) is 0 Å². The molecule has 23 heavy (non-hydrogen) atoms. The molecule has 2 aromatic heterocycles. The van der Waals surface area contributed by atoms with Crippen LogP contribution in [0.3, 0.4) is 0 Å². The summed E-state index contributed by atoms with van der Waals surface area (Å²) < 4.78 is 0. The molecule has 0 aliphatic carbocycles. The number of aromatic nitrogens is 2. The molecule has 1 aromatic carbocycles. The van der Waals surface area contributed by atoms with E-state index in [2.05, 4.69) is 27.4 Å². The van der Waals surface area contributed by atoms with Gasteiger partial charge in [0, 0.05) is 29.9 Å². The Kier molecular flexibility index (Phi) is 4.78. The molecule has 0 unspecified atom stereocenters. The van der Waals surface area contributed by atoms with Gasteiger partial charge >= 0.3 is 0 Å². The van der Waals surface area contributed by atoms with Crippen LogP contribution in [0.5, 0.6) is 0 Å². The first-order valence-electron chi connectivity index (χ1n) is 7.38. The number of carbonyl (C=O) groups is 1. The van der Waals surface area contributed by atoms with Crippen LogP contribution >= 0.6 is 11.3 Å². The first-order chi connectivity index (χ1) is 11.2. The number of thiazole rings is 1. The van der Waals surface area contributed by atoms with Gasteiger partial charge in [-0.2, -0.15) is 0 Å². The van der Waals surface area contributed by atoms with Gasteiger partial charge in [-0.1, -0.05) is 30.3 Å². The smallest absolute Gasteiger partial charge is 0.230 e. The number of hydrogen-bond donors (Lipinski definition) is 1. The maximum absolute atomic E-state index is 12.1. The highest BCUT2D eigenvalue weighted by molar-refractivity contribution is 7.09. The zero-order valence-electron chi connectivity index (χ0n) is 12.8. The van der Waals surface area contributed by atoms with E-state index in [0.29, 0.717) is 0 Å². The van der Waals surface area contributed by atoms with Crippen molar-refractivity contribution in [2.45, 2.75) is 19.8 Å². The molecule has 0 aliphatic rings. The van der Waals surface area contributed by atoms with Gasteiger partial charge in [-0.25, -0.2) is 4.98 Å². The van der Waals surface area contributed by atoms with Crippen LogP contribution in [-0.2, 0) is 17.6 Å². The standard InChI is InChI=1S/C18H17N3OS/c1-13-11-19-8-7-16(13)21-17(22)10-15-12-23-18(20-15)9-14-5-3-2-4-6-14/h2-8,11-12H,9-10H2,1H3,(H,19,21,22). The highest BCUT2D eigenvalue weighted by atomic mass is 32.1. The molecule has 3 rings (SSSR count). The van der Waals surface area contributed by atoms with Crippen molar-refractivity contribution in [3.05, 3.63) is 76.0 Å². The van der Waals surface area contributed by atoms with E-state index in [1.54, 1.807) is 29.8 Å². The summed E-state index contributed by atoms with van der Waals surface area (Å²) in [6.45, 7) is 1.92. The van der Waals surface area contributed by atoms with Gasteiger partial charge in [-0.05, 0) is 24.1 Å². The third-order valence-electron chi connectivity index (χ3n) is 3.43. The van der Waals surface area contributed by atoms with Crippen molar-refractivity contribution >= 4 is 22.9 Å². The molecular weight excluding hydrogens is 306 g/mol. The van der Waals surface area contributed by atoms with E-state index in [9.17, 15) is 4.79 Å². The summed E-state index contributed by atoms with van der Waals surface area (Å²) in [5.74, 6) is -0.0594. The third-order valence-corrected chi connectivity index (χ3v) is 4.33. The number of carbonyl (C=O) groups excluding carboxylic acids is 1. The summed E-state index contributed by atoms with van der Waals surface area (Å²) in [4.78, 5) is 20.7. The number of rotatable bonds is 5. The van der Waals surface area contributed by atoms with E-state index in [4.69, 9.17) is 0 Å². The molecule has 0 saturated carbocycles. The van der Waals surface area contributed by atoms with Gasteiger partial charge in [0.25, 0.3) is 0 Å². The van der Waals surface area contributed by atoms with Gasteiger partial charge in [0.15, 0.2) is 0 Å². The Morgan fingerprint density at radius 1 is 1.22 bits per heavy atom. The number of anilines is 1. The Labute approximate surface area is 139 Å². The molecule has 5 heteroatoms. The van der Waals surface area contributed by atoms with Gasteiger partial charge in [-0.3, -0.25) is 9.78 Å². The fraction of sp³-hybridized carbons (Fsp3) is 0.167. The predicted molar refractivity (Wildman–Crippen MR) is 92.7 cm³/mol. The lowest BCUT2D eigenvalue weighted by Gasteiger charge is -2.06. The van der Waals surface area contributed by atoms with E-state index in [1.165, 1.54) is 5.56 Å². The maximum atomic E-state index is 12.1. The second-order valence-electron chi connectivity index (χ2n) is 5.31. The van der Waals surface area contributed by atoms with Gasteiger partial charge in [0.05, 0.1) is 17.1 Å². The van der Waals surface area contributed by atoms with Crippen LogP contribution in [0.4, 0.5) is 5.69 Å². The maximum Gasteiger partial charge on any atom is 0.230 e. The molecule has 4 nitrogen and oxygen atoms in total. The van der Waals surface area contributed by atoms with Crippen LogP contribution < -0.4 is 5.32 Å². The topological polar surface area (TPSA) is 54.9 Å². The Bertz CT molecular complexity index is 799. The zero-order chi connectivity index (χ0) is 16.1. The molecule has 0 bridgehead atoms. The first-order valence-corrected chi connectivity index (χ1v) is 8.26. The zero-order valence-corrected chi connectivity index (χ0v) is 13.6. The molecule has 1 amide bonds. The van der Waals surface area contributed by atoms with E-state index < -0.39 is 0 Å². The van der Waals surface area contributed by atoms with Crippen molar-refractivity contribution < 1.29 is 4.79 Å². The van der Waals surface area contributed by atoms with Crippen molar-refractivity contribution in [1.29, 1.82) is 0 Å². The van der Waals surface area contributed by atoms with Gasteiger partial charge < -0.3 is 5.32 Å². The lowest BCUT2D eigenvalue weighted by molar-refractivity contribution is -0.115. The minimum Gasteiger partial charge on any atom is -0.325 e. The lowest BCUT2D eigenvalue weighted by Crippen LogP contribution is -2.15. The van der Waals surface area contributed by atoms with Gasteiger partial charge in [0.1, 0.15) is 0 Å². The van der Waals surface area contributed by atoms with Gasteiger partial charge in [-0.15, -0.1) is 11.3 Å². The fourth-order valence-corrected chi connectivity index (χ4v) is 3.08. The number of pyridine rings is 1. The molecule has 116 valence electrons. The van der Waals surface area contributed by atoms with Crippen molar-refractivity contribution in [2.75, 3.05) is 5.32 Å². The average Bonchev–Trinajstić information content (AvgIpc) is 2.97. The Morgan fingerprint density at radius 3 is 2.83 bits per heavy atom. The number of hydrogen-bond acceptors (Lipinski definition) is 4. The third kappa shape index (κ3) is 4.23. The molecule has 2 heterocycles. The molecule has 0 aliphatic heterocycles. The van der Waals surface area contributed by atoms with E-state index in [-0.39, 0.29) is 12.3 Å². The summed E-state index contributed by atoms with van der Waals surface area (Å²) in [7, 11) is 0. The van der Waals surface area contributed by atoms with E-state index in [1.807, 2.05) is 30.5 Å². The Balaban J connectivity index is 1.60. The lowest BCUT2D eigenvalue weighted by atomic mass is 10.2. The number of benzene rings is 1. The second kappa shape index (κ2) is 7.15. The van der Waals surface area contributed by atoms with Crippen molar-refractivity contribution in [3.8, 4) is 0 Å². The first kappa shape index (κ1) is 15.4. The fourth-order valence-electron chi connectivity index (χ4n) is 2.25. The monoisotopic (exact) mass is 323 g/mol. The summed E-state index contributed by atoms with van der Waals surface area (Å²) in [5, 5.41) is 5.89. The predicted octanol–water partition coefficient (Wildman–Crippen LogP) is 3.62. The number of amides is 1. The summed E-state index contributed by atoms with van der Waals surface area (Å²) >= 11 is 1.59. The molecule has 0 atom stereocenters. The molecule has 3 aromatic rings. The summed E-state index contributed by atoms with van der Waals surface area (Å²) in [6, 6.07) is 12.0. The second-order valence-corrected chi connectivity index (χ2v) is 6.25. The minimum absolute atomic E-state index is 0.0594. The molecule has 0 radical (unpaired) electrons. The Hall–Kier alpha value is -2.53. The Morgan fingerprint density at radius 2 is 2.04 bits per heavy atom. The van der Waals surface area contributed by atoms with Crippen molar-refractivity contribution in [3.63, 3.8) is 0 Å². The molecule has 0 spiro atoms. The summed E-state index contributed by atoms with van der Waals surface area (Å²) in [5.41, 5.74) is 3.78. The van der Waals surface area contributed by atoms with Crippen LogP contribution in [0.2, 0.25) is 0 Å². The quantitative estimate of drug-likeness (QED) is 0.780. The van der Waals surface area contributed by atoms with E-state index in [0.717, 1.165) is 28.4 Å². The molecule has 0 saturated heterocycles. The molecule has 1 N–H and O–H groups in total. The van der Waals surface area contributed by atoms with Crippen LogP contribution in [-0.4, -0.2) is 15.9 Å². The highest BCUT2D eigenvalue weighted by Gasteiger charge is 2.09. The van der Waals surface area contributed by atoms with E-state index >= 15 is 0 Å².